The van der Waals surface area contributed by atoms with E-state index in [0.29, 0.717) is 5.75 Å². The van der Waals surface area contributed by atoms with Crippen LogP contribution in [-0.4, -0.2) is 20.1 Å². The number of hydrogen-bond donors (Lipinski definition) is 1. The van der Waals surface area contributed by atoms with E-state index in [1.807, 2.05) is 20.0 Å². The van der Waals surface area contributed by atoms with Gasteiger partial charge in [-0.05, 0) is 31.7 Å². The van der Waals surface area contributed by atoms with Crippen molar-refractivity contribution in [3.8, 4) is 5.75 Å². The summed E-state index contributed by atoms with van der Waals surface area (Å²) in [6, 6.07) is 5.44. The standard InChI is InChI=1S/C11H14BrF2NO/c1-7(15-2)9-4-3-8(5-10(9)12)16-6-11(13)14/h3-5,7,11,15H,6H2,1-2H3. The van der Waals surface area contributed by atoms with Crippen molar-refractivity contribution in [3.05, 3.63) is 28.2 Å². The third kappa shape index (κ3) is 3.72. The van der Waals surface area contributed by atoms with E-state index in [1.165, 1.54) is 0 Å². The van der Waals surface area contributed by atoms with Crippen LogP contribution in [0.15, 0.2) is 22.7 Å². The third-order valence-corrected chi connectivity index (χ3v) is 2.93. The Morgan fingerprint density at radius 3 is 2.62 bits per heavy atom. The Kier molecular flexibility index (Phi) is 5.15. The first-order chi connectivity index (χ1) is 7.54. The fourth-order valence-corrected chi connectivity index (χ4v) is 1.96. The topological polar surface area (TPSA) is 21.3 Å². The Hall–Kier alpha value is -0.680. The zero-order valence-corrected chi connectivity index (χ0v) is 10.7. The lowest BCUT2D eigenvalue weighted by Gasteiger charge is -2.14. The van der Waals surface area contributed by atoms with Gasteiger partial charge in [0, 0.05) is 10.5 Å². The third-order valence-electron chi connectivity index (χ3n) is 2.25. The molecule has 0 aliphatic carbocycles. The number of alkyl halides is 2. The van der Waals surface area contributed by atoms with Crippen molar-refractivity contribution in [3.63, 3.8) is 0 Å². The van der Waals surface area contributed by atoms with Crippen molar-refractivity contribution in [2.24, 2.45) is 0 Å². The lowest BCUT2D eigenvalue weighted by molar-refractivity contribution is 0.0818. The molecule has 1 unspecified atom stereocenters. The van der Waals surface area contributed by atoms with Gasteiger partial charge in [-0.1, -0.05) is 22.0 Å². The van der Waals surface area contributed by atoms with Crippen molar-refractivity contribution in [2.75, 3.05) is 13.7 Å². The molecular weight excluding hydrogens is 280 g/mol. The summed E-state index contributed by atoms with van der Waals surface area (Å²) in [4.78, 5) is 0. The van der Waals surface area contributed by atoms with Crippen LogP contribution < -0.4 is 10.1 Å². The van der Waals surface area contributed by atoms with Crippen molar-refractivity contribution in [1.82, 2.24) is 5.32 Å². The minimum atomic E-state index is -2.45. The van der Waals surface area contributed by atoms with E-state index in [0.717, 1.165) is 10.0 Å². The summed E-state index contributed by atoms with van der Waals surface area (Å²) in [6.07, 6.45) is -2.45. The van der Waals surface area contributed by atoms with Gasteiger partial charge in [0.1, 0.15) is 12.4 Å². The van der Waals surface area contributed by atoms with Gasteiger partial charge in [0.05, 0.1) is 0 Å². The highest BCUT2D eigenvalue weighted by molar-refractivity contribution is 9.10. The fraction of sp³-hybridized carbons (Fsp3) is 0.455. The minimum Gasteiger partial charge on any atom is -0.488 e. The first-order valence-corrected chi connectivity index (χ1v) is 5.71. The van der Waals surface area contributed by atoms with Crippen LogP contribution in [-0.2, 0) is 0 Å². The highest BCUT2D eigenvalue weighted by atomic mass is 79.9. The van der Waals surface area contributed by atoms with E-state index in [-0.39, 0.29) is 6.04 Å². The molecule has 1 N–H and O–H groups in total. The number of hydrogen-bond acceptors (Lipinski definition) is 2. The molecule has 0 radical (unpaired) electrons. The highest BCUT2D eigenvalue weighted by Gasteiger charge is 2.09. The van der Waals surface area contributed by atoms with Gasteiger partial charge in [-0.15, -0.1) is 0 Å². The Balaban J connectivity index is 2.74. The van der Waals surface area contributed by atoms with E-state index in [9.17, 15) is 8.78 Å². The Labute approximate surface area is 102 Å². The summed E-state index contributed by atoms with van der Waals surface area (Å²) >= 11 is 3.39. The summed E-state index contributed by atoms with van der Waals surface area (Å²) < 4.78 is 29.6. The zero-order chi connectivity index (χ0) is 12.1. The molecule has 0 fully saturated rings. The fourth-order valence-electron chi connectivity index (χ4n) is 1.26. The van der Waals surface area contributed by atoms with Crippen LogP contribution in [0.2, 0.25) is 0 Å². The summed E-state index contributed by atoms with van der Waals surface area (Å²) in [5, 5.41) is 3.10. The first kappa shape index (κ1) is 13.4. The summed E-state index contributed by atoms with van der Waals surface area (Å²) in [5.41, 5.74) is 1.06. The van der Waals surface area contributed by atoms with Gasteiger partial charge in [-0.2, -0.15) is 0 Å². The molecular formula is C11H14BrF2NO. The van der Waals surface area contributed by atoms with Gasteiger partial charge in [-0.25, -0.2) is 8.78 Å². The molecule has 0 aromatic heterocycles. The molecule has 16 heavy (non-hydrogen) atoms. The maximum atomic E-state index is 11.9. The van der Waals surface area contributed by atoms with Crippen molar-refractivity contribution < 1.29 is 13.5 Å². The van der Waals surface area contributed by atoms with Crippen molar-refractivity contribution in [1.29, 1.82) is 0 Å². The predicted molar refractivity (Wildman–Crippen MR) is 63.1 cm³/mol. The lowest BCUT2D eigenvalue weighted by atomic mass is 10.1. The quantitative estimate of drug-likeness (QED) is 0.899. The van der Waals surface area contributed by atoms with Crippen LogP contribution in [0.5, 0.6) is 5.75 Å². The normalized spacial score (nSPS) is 12.9. The van der Waals surface area contributed by atoms with Crippen LogP contribution in [0.1, 0.15) is 18.5 Å². The number of halogens is 3. The average Bonchev–Trinajstić information content (AvgIpc) is 2.25. The molecule has 1 atom stereocenters. The Bertz CT molecular complexity index is 347. The van der Waals surface area contributed by atoms with E-state index in [4.69, 9.17) is 4.74 Å². The van der Waals surface area contributed by atoms with Gasteiger partial charge in [0.25, 0.3) is 6.43 Å². The SMILES string of the molecule is CNC(C)c1ccc(OCC(F)F)cc1Br. The number of rotatable bonds is 5. The van der Waals surface area contributed by atoms with Gasteiger partial charge < -0.3 is 10.1 Å². The lowest BCUT2D eigenvalue weighted by Crippen LogP contribution is -2.13. The zero-order valence-electron chi connectivity index (χ0n) is 9.14. The molecule has 0 spiro atoms. The molecule has 0 aliphatic rings. The summed E-state index contributed by atoms with van der Waals surface area (Å²) in [7, 11) is 1.86. The summed E-state index contributed by atoms with van der Waals surface area (Å²) in [5.74, 6) is 0.444. The highest BCUT2D eigenvalue weighted by Crippen LogP contribution is 2.27. The molecule has 0 bridgehead atoms. The molecule has 0 heterocycles. The monoisotopic (exact) mass is 293 g/mol. The van der Waals surface area contributed by atoms with Crippen LogP contribution >= 0.6 is 15.9 Å². The second-order valence-corrected chi connectivity index (χ2v) is 4.25. The molecule has 1 aromatic rings. The molecule has 90 valence electrons. The Morgan fingerprint density at radius 1 is 1.44 bits per heavy atom. The molecule has 0 aliphatic heterocycles. The van der Waals surface area contributed by atoms with E-state index >= 15 is 0 Å². The van der Waals surface area contributed by atoms with Gasteiger partial charge >= 0.3 is 0 Å². The van der Waals surface area contributed by atoms with E-state index < -0.39 is 13.0 Å². The maximum absolute atomic E-state index is 11.9. The first-order valence-electron chi connectivity index (χ1n) is 4.92. The largest absolute Gasteiger partial charge is 0.488 e. The Morgan fingerprint density at radius 2 is 2.12 bits per heavy atom. The number of benzene rings is 1. The maximum Gasteiger partial charge on any atom is 0.272 e. The van der Waals surface area contributed by atoms with Gasteiger partial charge in [-0.3, -0.25) is 0 Å². The van der Waals surface area contributed by atoms with E-state index in [1.54, 1.807) is 12.1 Å². The molecule has 2 nitrogen and oxygen atoms in total. The van der Waals surface area contributed by atoms with Crippen LogP contribution in [0, 0.1) is 0 Å². The van der Waals surface area contributed by atoms with Crippen molar-refractivity contribution in [2.45, 2.75) is 19.4 Å². The molecule has 1 aromatic carbocycles. The molecule has 0 saturated carbocycles. The smallest absolute Gasteiger partial charge is 0.272 e. The van der Waals surface area contributed by atoms with E-state index in [2.05, 4.69) is 21.2 Å². The number of ether oxygens (including phenoxy) is 1. The second kappa shape index (κ2) is 6.15. The molecule has 1 rings (SSSR count). The molecule has 5 heteroatoms. The number of nitrogens with one attached hydrogen (secondary N) is 1. The van der Waals surface area contributed by atoms with Crippen LogP contribution in [0.25, 0.3) is 0 Å². The van der Waals surface area contributed by atoms with Crippen LogP contribution in [0.4, 0.5) is 8.78 Å². The van der Waals surface area contributed by atoms with Crippen molar-refractivity contribution >= 4 is 15.9 Å². The summed E-state index contributed by atoms with van der Waals surface area (Å²) in [6.45, 7) is 1.44. The average molecular weight is 294 g/mol. The minimum absolute atomic E-state index is 0.193. The van der Waals surface area contributed by atoms with Gasteiger partial charge in [0.15, 0.2) is 0 Å². The van der Waals surface area contributed by atoms with Crippen LogP contribution in [0.3, 0.4) is 0 Å². The molecule has 0 saturated heterocycles. The predicted octanol–water partition coefficient (Wildman–Crippen LogP) is 3.37. The van der Waals surface area contributed by atoms with Gasteiger partial charge in [0.2, 0.25) is 0 Å². The molecule has 0 amide bonds. The second-order valence-electron chi connectivity index (χ2n) is 3.40.